The van der Waals surface area contributed by atoms with Gasteiger partial charge in [0.2, 0.25) is 0 Å². The van der Waals surface area contributed by atoms with Gasteiger partial charge in [-0.05, 0) is 42.1 Å². The fraction of sp³-hybridized carbons (Fsp3) is 0.412. The second kappa shape index (κ2) is 5.90. The fourth-order valence-electron chi connectivity index (χ4n) is 2.78. The summed E-state index contributed by atoms with van der Waals surface area (Å²) in [5.74, 6) is 1.01. The van der Waals surface area contributed by atoms with E-state index in [0.29, 0.717) is 12.3 Å². The van der Waals surface area contributed by atoms with Crippen molar-refractivity contribution in [1.82, 2.24) is 15.3 Å². The third-order valence-electron chi connectivity index (χ3n) is 3.84. The van der Waals surface area contributed by atoms with Crippen LogP contribution in [0.4, 0.5) is 4.39 Å². The van der Waals surface area contributed by atoms with E-state index in [-0.39, 0.29) is 5.82 Å². The van der Waals surface area contributed by atoms with Crippen LogP contribution in [0.15, 0.2) is 24.3 Å². The average Bonchev–Trinajstić information content (AvgIpc) is 2.48. The van der Waals surface area contributed by atoms with Gasteiger partial charge in [-0.15, -0.1) is 0 Å². The quantitative estimate of drug-likeness (QED) is 0.942. The lowest BCUT2D eigenvalue weighted by atomic mass is 9.97. The van der Waals surface area contributed by atoms with Gasteiger partial charge in [-0.25, -0.2) is 14.4 Å². The lowest BCUT2D eigenvalue weighted by molar-refractivity contribution is 0.601. The highest BCUT2D eigenvalue weighted by atomic mass is 19.1. The molecule has 2 aromatic rings. The molecule has 21 heavy (non-hydrogen) atoms. The minimum atomic E-state index is -0.211. The molecule has 0 radical (unpaired) electrons. The molecule has 1 aliphatic heterocycles. The number of halogens is 1. The van der Waals surface area contributed by atoms with Crippen molar-refractivity contribution < 1.29 is 4.39 Å². The average molecular weight is 285 g/mol. The van der Waals surface area contributed by atoms with Gasteiger partial charge >= 0.3 is 0 Å². The summed E-state index contributed by atoms with van der Waals surface area (Å²) in [6, 6.07) is 6.56. The van der Waals surface area contributed by atoms with Crippen molar-refractivity contribution >= 4 is 0 Å². The van der Waals surface area contributed by atoms with Crippen LogP contribution in [0.1, 0.15) is 48.1 Å². The Balaban J connectivity index is 1.95. The number of rotatable bonds is 3. The van der Waals surface area contributed by atoms with Crippen molar-refractivity contribution in [3.63, 3.8) is 0 Å². The second-order valence-electron chi connectivity index (χ2n) is 5.84. The number of fused-ring (bicyclic) bond motifs is 1. The molecule has 1 aliphatic rings. The summed E-state index contributed by atoms with van der Waals surface area (Å²) in [6.07, 6.45) is 1.65. The smallest absolute Gasteiger partial charge is 0.133 e. The molecule has 2 heterocycles. The van der Waals surface area contributed by atoms with Crippen LogP contribution in [-0.2, 0) is 19.4 Å². The van der Waals surface area contributed by atoms with Gasteiger partial charge in [0.05, 0.1) is 11.4 Å². The standard InChI is InChI=1S/C17H20FN3/c1-11(2)17-14-7-8-19-10-15(14)20-16(21-17)9-12-3-5-13(18)6-4-12/h3-6,11,19H,7-10H2,1-2H3. The molecule has 1 N–H and O–H groups in total. The van der Waals surface area contributed by atoms with Gasteiger partial charge < -0.3 is 5.32 Å². The molecule has 0 fully saturated rings. The highest BCUT2D eigenvalue weighted by Crippen LogP contribution is 2.23. The van der Waals surface area contributed by atoms with Crippen LogP contribution in [0.3, 0.4) is 0 Å². The van der Waals surface area contributed by atoms with Crippen molar-refractivity contribution in [2.24, 2.45) is 0 Å². The van der Waals surface area contributed by atoms with Crippen molar-refractivity contribution in [1.29, 1.82) is 0 Å². The van der Waals surface area contributed by atoms with E-state index >= 15 is 0 Å². The zero-order chi connectivity index (χ0) is 14.8. The molecule has 1 aromatic carbocycles. The monoisotopic (exact) mass is 285 g/mol. The Morgan fingerprint density at radius 1 is 1.19 bits per heavy atom. The molecule has 0 amide bonds. The molecule has 0 saturated carbocycles. The Labute approximate surface area is 124 Å². The van der Waals surface area contributed by atoms with Gasteiger partial charge in [-0.3, -0.25) is 0 Å². The molecule has 3 nitrogen and oxygen atoms in total. The fourth-order valence-corrected chi connectivity index (χ4v) is 2.78. The lowest BCUT2D eigenvalue weighted by Gasteiger charge is -2.21. The maximum atomic E-state index is 13.0. The van der Waals surface area contributed by atoms with E-state index in [9.17, 15) is 4.39 Å². The molecular formula is C17H20FN3. The van der Waals surface area contributed by atoms with E-state index < -0.39 is 0 Å². The Bertz CT molecular complexity index is 635. The maximum absolute atomic E-state index is 13.0. The molecule has 1 aromatic heterocycles. The highest BCUT2D eigenvalue weighted by Gasteiger charge is 2.19. The Kier molecular flexibility index (Phi) is 3.97. The van der Waals surface area contributed by atoms with E-state index in [4.69, 9.17) is 9.97 Å². The van der Waals surface area contributed by atoms with Crippen LogP contribution in [-0.4, -0.2) is 16.5 Å². The van der Waals surface area contributed by atoms with Crippen LogP contribution in [0.5, 0.6) is 0 Å². The largest absolute Gasteiger partial charge is 0.311 e. The summed E-state index contributed by atoms with van der Waals surface area (Å²) < 4.78 is 13.0. The Morgan fingerprint density at radius 2 is 1.95 bits per heavy atom. The van der Waals surface area contributed by atoms with Crippen LogP contribution in [0.2, 0.25) is 0 Å². The van der Waals surface area contributed by atoms with Gasteiger partial charge in [0, 0.05) is 13.0 Å². The number of benzene rings is 1. The normalized spacial score (nSPS) is 14.3. The van der Waals surface area contributed by atoms with Crippen LogP contribution >= 0.6 is 0 Å². The first-order valence-electron chi connectivity index (χ1n) is 7.47. The van der Waals surface area contributed by atoms with Crippen molar-refractivity contribution in [3.05, 3.63) is 58.4 Å². The number of hydrogen-bond donors (Lipinski definition) is 1. The van der Waals surface area contributed by atoms with Crippen LogP contribution < -0.4 is 5.32 Å². The minimum absolute atomic E-state index is 0.211. The number of aromatic nitrogens is 2. The van der Waals surface area contributed by atoms with Crippen molar-refractivity contribution in [2.75, 3.05) is 6.54 Å². The third kappa shape index (κ3) is 3.10. The summed E-state index contributed by atoms with van der Waals surface area (Å²) in [6.45, 7) is 6.15. The van der Waals surface area contributed by atoms with E-state index in [1.807, 2.05) is 0 Å². The Hall–Kier alpha value is -1.81. The zero-order valence-corrected chi connectivity index (χ0v) is 12.5. The molecule has 0 bridgehead atoms. The summed E-state index contributed by atoms with van der Waals surface area (Å²) in [4.78, 5) is 9.48. The number of nitrogens with one attached hydrogen (secondary N) is 1. The summed E-state index contributed by atoms with van der Waals surface area (Å²) in [5, 5.41) is 3.37. The Morgan fingerprint density at radius 3 is 2.67 bits per heavy atom. The summed E-state index contributed by atoms with van der Waals surface area (Å²) in [5.41, 5.74) is 4.64. The SMILES string of the molecule is CC(C)c1nc(Cc2ccc(F)cc2)nc2c1CCNC2. The molecule has 0 atom stereocenters. The molecule has 4 heteroatoms. The molecule has 0 saturated heterocycles. The van der Waals surface area contributed by atoms with E-state index in [2.05, 4.69) is 19.2 Å². The van der Waals surface area contributed by atoms with Gasteiger partial charge in [-0.1, -0.05) is 26.0 Å². The lowest BCUT2D eigenvalue weighted by Crippen LogP contribution is -2.27. The first kappa shape index (κ1) is 14.1. The van der Waals surface area contributed by atoms with Crippen molar-refractivity contribution in [3.8, 4) is 0 Å². The molecule has 110 valence electrons. The maximum Gasteiger partial charge on any atom is 0.133 e. The molecule has 0 unspecified atom stereocenters. The van der Waals surface area contributed by atoms with Gasteiger partial charge in [-0.2, -0.15) is 0 Å². The first-order valence-corrected chi connectivity index (χ1v) is 7.47. The number of nitrogens with zero attached hydrogens (tertiary/aromatic N) is 2. The molecule has 3 rings (SSSR count). The first-order chi connectivity index (χ1) is 10.1. The summed E-state index contributed by atoms with van der Waals surface area (Å²) in [7, 11) is 0. The molecule has 0 aliphatic carbocycles. The predicted molar refractivity (Wildman–Crippen MR) is 80.7 cm³/mol. The second-order valence-corrected chi connectivity index (χ2v) is 5.84. The van der Waals surface area contributed by atoms with E-state index in [0.717, 1.165) is 36.6 Å². The van der Waals surface area contributed by atoms with E-state index in [1.165, 1.54) is 23.4 Å². The van der Waals surface area contributed by atoms with Gasteiger partial charge in [0.1, 0.15) is 11.6 Å². The predicted octanol–water partition coefficient (Wildman–Crippen LogP) is 2.98. The summed E-state index contributed by atoms with van der Waals surface area (Å²) >= 11 is 0. The highest BCUT2D eigenvalue weighted by molar-refractivity contribution is 5.31. The van der Waals surface area contributed by atoms with Crippen LogP contribution in [0, 0.1) is 5.82 Å². The zero-order valence-electron chi connectivity index (χ0n) is 12.5. The van der Waals surface area contributed by atoms with E-state index in [1.54, 1.807) is 12.1 Å². The van der Waals surface area contributed by atoms with Crippen molar-refractivity contribution in [2.45, 2.75) is 39.2 Å². The topological polar surface area (TPSA) is 37.8 Å². The van der Waals surface area contributed by atoms with Gasteiger partial charge in [0.15, 0.2) is 0 Å². The third-order valence-corrected chi connectivity index (χ3v) is 3.84. The number of hydrogen-bond acceptors (Lipinski definition) is 3. The molecular weight excluding hydrogens is 265 g/mol. The molecule has 0 spiro atoms. The minimum Gasteiger partial charge on any atom is -0.311 e. The van der Waals surface area contributed by atoms with Crippen LogP contribution in [0.25, 0.3) is 0 Å². The van der Waals surface area contributed by atoms with Gasteiger partial charge in [0.25, 0.3) is 0 Å².